The van der Waals surface area contributed by atoms with Crippen molar-refractivity contribution in [2.75, 3.05) is 39.8 Å². The van der Waals surface area contributed by atoms with Gasteiger partial charge in [-0.25, -0.2) is 5.43 Å². The van der Waals surface area contributed by atoms with Crippen LogP contribution in [0.2, 0.25) is 0 Å². The monoisotopic (exact) mass is 467 g/mol. The summed E-state index contributed by atoms with van der Waals surface area (Å²) in [6.07, 6.45) is 8.58. The first-order chi connectivity index (χ1) is 16.6. The minimum Gasteiger partial charge on any atom is -0.494 e. The van der Waals surface area contributed by atoms with Gasteiger partial charge in [-0.05, 0) is 37.6 Å². The molecule has 0 aliphatic carbocycles. The van der Waals surface area contributed by atoms with Crippen molar-refractivity contribution >= 4 is 11.7 Å². The Morgan fingerprint density at radius 2 is 1.94 bits per heavy atom. The summed E-state index contributed by atoms with van der Waals surface area (Å²) in [5, 5.41) is 6.80. The number of hydrogen-bond donors (Lipinski definition) is 2. The van der Waals surface area contributed by atoms with Gasteiger partial charge in [0, 0.05) is 51.4 Å². The zero-order chi connectivity index (χ0) is 23.5. The fourth-order valence-electron chi connectivity index (χ4n) is 5.09. The van der Waals surface area contributed by atoms with Crippen LogP contribution in [-0.2, 0) is 4.79 Å². The van der Waals surface area contributed by atoms with Crippen molar-refractivity contribution < 1.29 is 9.53 Å². The van der Waals surface area contributed by atoms with Gasteiger partial charge in [0.05, 0.1) is 18.7 Å². The second-order valence-electron chi connectivity index (χ2n) is 9.65. The van der Waals surface area contributed by atoms with Crippen LogP contribution in [0.5, 0.6) is 5.75 Å². The number of fused-ring (bicyclic) bond motifs is 3. The highest BCUT2D eigenvalue weighted by atomic mass is 16.5. The number of amidine groups is 1. The molecule has 4 aliphatic heterocycles. The first-order valence-corrected chi connectivity index (χ1v) is 12.6. The Hall–Kier alpha value is -2.78. The zero-order valence-electron chi connectivity index (χ0n) is 20.3. The smallest absolute Gasteiger partial charge is 0.223 e. The van der Waals surface area contributed by atoms with Gasteiger partial charge in [-0.2, -0.15) is 5.10 Å². The quantitative estimate of drug-likeness (QED) is 0.567. The van der Waals surface area contributed by atoms with E-state index in [1.54, 1.807) is 0 Å². The van der Waals surface area contributed by atoms with Crippen LogP contribution in [0.15, 0.2) is 41.8 Å². The highest BCUT2D eigenvalue weighted by Crippen LogP contribution is 2.34. The fraction of sp³-hybridized carbons (Fsp3) is 0.600. The van der Waals surface area contributed by atoms with Gasteiger partial charge in [0.25, 0.3) is 0 Å². The van der Waals surface area contributed by atoms with Crippen LogP contribution in [0.4, 0.5) is 0 Å². The molecule has 0 spiro atoms. The van der Waals surface area contributed by atoms with Crippen molar-refractivity contribution in [2.45, 2.75) is 57.3 Å². The first-order valence-electron chi connectivity index (χ1n) is 12.6. The minimum atomic E-state index is 0.0767. The summed E-state index contributed by atoms with van der Waals surface area (Å²) in [4.78, 5) is 19.1. The van der Waals surface area contributed by atoms with E-state index >= 15 is 0 Å². The van der Waals surface area contributed by atoms with Gasteiger partial charge in [-0.1, -0.05) is 25.5 Å². The number of amides is 1. The number of rotatable bonds is 8. The van der Waals surface area contributed by atoms with Crippen LogP contribution in [-0.4, -0.2) is 83.5 Å². The van der Waals surface area contributed by atoms with E-state index in [2.05, 4.69) is 81.4 Å². The summed E-state index contributed by atoms with van der Waals surface area (Å²) in [6.45, 7) is 6.48. The number of carbonyl (C=O) groups excluding carboxylic acids is 1. The standard InChI is InChI=1S/C25H37N7O2/c1-3-4-17-34-20-7-5-19(6-8-20)21-18-22-25-27-26-23(31(25)15-16-32(22)28-21)9-10-24(33)30-13-11-29(2)12-14-30/h5-8,15-16,21-22,25,27-28H,3-4,9-14,17-18H2,1-2H3. The van der Waals surface area contributed by atoms with Crippen LogP contribution in [0.3, 0.4) is 0 Å². The SMILES string of the molecule is CCCCOc1ccc(C2CC3C4NN=C(CCC(=O)N5CCN(C)CC5)N4C=CN3N2)cc1. The van der Waals surface area contributed by atoms with Crippen molar-refractivity contribution in [1.82, 2.24) is 30.6 Å². The highest BCUT2D eigenvalue weighted by molar-refractivity contribution is 5.89. The molecule has 1 aromatic carbocycles. The molecule has 1 amide bonds. The van der Waals surface area contributed by atoms with Crippen molar-refractivity contribution in [3.05, 3.63) is 42.2 Å². The average Bonchev–Trinajstić information content (AvgIpc) is 3.47. The number of piperazine rings is 1. The summed E-state index contributed by atoms with van der Waals surface area (Å²) in [6, 6.07) is 8.95. The maximum Gasteiger partial charge on any atom is 0.223 e. The van der Waals surface area contributed by atoms with Crippen LogP contribution in [0.25, 0.3) is 0 Å². The van der Waals surface area contributed by atoms with Gasteiger partial charge < -0.3 is 24.4 Å². The van der Waals surface area contributed by atoms with E-state index in [9.17, 15) is 4.79 Å². The third-order valence-electron chi connectivity index (χ3n) is 7.28. The number of ether oxygens (including phenoxy) is 1. The lowest BCUT2D eigenvalue weighted by atomic mass is 9.99. The topological polar surface area (TPSA) is 75.7 Å². The summed E-state index contributed by atoms with van der Waals surface area (Å²) >= 11 is 0. The maximum absolute atomic E-state index is 12.7. The molecule has 0 aromatic heterocycles. The molecular formula is C25H37N7O2. The van der Waals surface area contributed by atoms with Gasteiger partial charge in [-0.15, -0.1) is 0 Å². The van der Waals surface area contributed by atoms with Crippen LogP contribution in [0.1, 0.15) is 50.6 Å². The Bertz CT molecular complexity index is 910. The third kappa shape index (κ3) is 4.86. The number of nitrogens with one attached hydrogen (secondary N) is 2. The van der Waals surface area contributed by atoms with E-state index in [0.29, 0.717) is 12.8 Å². The number of hydrazine groups is 1. The zero-order valence-corrected chi connectivity index (χ0v) is 20.3. The number of nitrogens with zero attached hydrogens (tertiary/aromatic N) is 5. The molecular weight excluding hydrogens is 430 g/mol. The summed E-state index contributed by atoms with van der Waals surface area (Å²) < 4.78 is 5.81. The Kier molecular flexibility index (Phi) is 6.92. The molecule has 2 fully saturated rings. The minimum absolute atomic E-state index is 0.0767. The van der Waals surface area contributed by atoms with Gasteiger partial charge in [0.2, 0.25) is 5.91 Å². The molecule has 3 unspecified atom stereocenters. The second-order valence-corrected chi connectivity index (χ2v) is 9.65. The van der Waals surface area contributed by atoms with Gasteiger partial charge in [-0.3, -0.25) is 10.2 Å². The lowest BCUT2D eigenvalue weighted by Crippen LogP contribution is -2.54. The molecule has 5 rings (SSSR count). The predicted octanol–water partition coefficient (Wildman–Crippen LogP) is 2.07. The van der Waals surface area contributed by atoms with Crippen molar-refractivity contribution in [3.8, 4) is 5.75 Å². The molecule has 184 valence electrons. The predicted molar refractivity (Wildman–Crippen MR) is 132 cm³/mol. The highest BCUT2D eigenvalue weighted by Gasteiger charge is 2.44. The molecule has 0 saturated carbocycles. The van der Waals surface area contributed by atoms with Crippen molar-refractivity contribution in [2.24, 2.45) is 5.10 Å². The molecule has 4 heterocycles. The molecule has 0 radical (unpaired) electrons. The molecule has 0 bridgehead atoms. The number of hydrazone groups is 1. The molecule has 2 saturated heterocycles. The van der Waals surface area contributed by atoms with Crippen LogP contribution in [0, 0.1) is 0 Å². The first kappa shape index (κ1) is 23.0. The maximum atomic E-state index is 12.7. The Labute approximate surface area is 202 Å². The molecule has 9 nitrogen and oxygen atoms in total. The van der Waals surface area contributed by atoms with Crippen LogP contribution < -0.4 is 15.6 Å². The molecule has 3 atom stereocenters. The van der Waals surface area contributed by atoms with E-state index in [4.69, 9.17) is 4.74 Å². The lowest BCUT2D eigenvalue weighted by Gasteiger charge is -2.37. The number of unbranched alkanes of at least 4 members (excludes halogenated alkanes) is 1. The number of carbonyl (C=O) groups is 1. The normalized spacial score (nSPS) is 26.2. The van der Waals surface area contributed by atoms with Crippen molar-refractivity contribution in [3.63, 3.8) is 0 Å². The fourth-order valence-corrected chi connectivity index (χ4v) is 5.09. The molecule has 34 heavy (non-hydrogen) atoms. The van der Waals surface area contributed by atoms with Gasteiger partial charge in [0.1, 0.15) is 17.8 Å². The van der Waals surface area contributed by atoms with E-state index in [1.165, 1.54) is 5.56 Å². The van der Waals surface area contributed by atoms with Crippen LogP contribution >= 0.6 is 0 Å². The number of benzene rings is 1. The number of hydrogen-bond acceptors (Lipinski definition) is 8. The summed E-state index contributed by atoms with van der Waals surface area (Å²) in [7, 11) is 2.10. The van der Waals surface area contributed by atoms with E-state index in [1.807, 2.05) is 4.90 Å². The van der Waals surface area contributed by atoms with Gasteiger partial charge >= 0.3 is 0 Å². The summed E-state index contributed by atoms with van der Waals surface area (Å²) in [5.74, 6) is 2.10. The largest absolute Gasteiger partial charge is 0.494 e. The van der Waals surface area contributed by atoms with Gasteiger partial charge in [0.15, 0.2) is 0 Å². The number of likely N-dealkylation sites (N-methyl/N-ethyl adjacent to an activating group) is 1. The van der Waals surface area contributed by atoms with E-state index in [-0.39, 0.29) is 24.2 Å². The molecule has 4 aliphatic rings. The third-order valence-corrected chi connectivity index (χ3v) is 7.28. The van der Waals surface area contributed by atoms with E-state index < -0.39 is 0 Å². The molecule has 1 aromatic rings. The average molecular weight is 468 g/mol. The Balaban J connectivity index is 1.14. The Morgan fingerprint density at radius 3 is 2.71 bits per heavy atom. The Morgan fingerprint density at radius 1 is 1.15 bits per heavy atom. The lowest BCUT2D eigenvalue weighted by molar-refractivity contribution is -0.132. The summed E-state index contributed by atoms with van der Waals surface area (Å²) in [5.41, 5.74) is 8.22. The van der Waals surface area contributed by atoms with Crippen molar-refractivity contribution in [1.29, 1.82) is 0 Å². The second kappa shape index (κ2) is 10.2. The molecule has 9 heteroatoms. The van der Waals surface area contributed by atoms with E-state index in [0.717, 1.165) is 63.6 Å². The molecule has 2 N–H and O–H groups in total.